The van der Waals surface area contributed by atoms with E-state index in [9.17, 15) is 4.79 Å². The van der Waals surface area contributed by atoms with Gasteiger partial charge in [0.15, 0.2) is 12.6 Å². The molecular formula is C20H26O4. The molecule has 0 saturated heterocycles. The van der Waals surface area contributed by atoms with E-state index in [-0.39, 0.29) is 30.7 Å². The summed E-state index contributed by atoms with van der Waals surface area (Å²) in [7, 11) is 1.58. The third kappa shape index (κ3) is 3.40. The average molecular weight is 330 g/mol. The fourth-order valence-electron chi connectivity index (χ4n) is 4.14. The van der Waals surface area contributed by atoms with Gasteiger partial charge in [-0.1, -0.05) is 37.1 Å². The number of carbonyl (C=O) groups is 1. The zero-order chi connectivity index (χ0) is 17.0. The maximum Gasteiger partial charge on any atom is 0.191 e. The fraction of sp³-hybridized carbons (Fsp3) is 0.550. The van der Waals surface area contributed by atoms with Crippen molar-refractivity contribution in [3.05, 3.63) is 41.5 Å². The molecule has 0 spiro atoms. The Kier molecular flexibility index (Phi) is 5.36. The largest absolute Gasteiger partial charge is 0.467 e. The molecule has 1 saturated carbocycles. The normalized spacial score (nSPS) is 26.7. The molecule has 2 aliphatic carbocycles. The lowest BCUT2D eigenvalue weighted by Crippen LogP contribution is -2.36. The number of benzene rings is 1. The molecule has 0 radical (unpaired) electrons. The predicted molar refractivity (Wildman–Crippen MR) is 91.9 cm³/mol. The number of rotatable bonds is 6. The summed E-state index contributed by atoms with van der Waals surface area (Å²) in [4.78, 5) is 12.3. The van der Waals surface area contributed by atoms with E-state index in [1.54, 1.807) is 7.11 Å². The van der Waals surface area contributed by atoms with Crippen LogP contribution in [0.1, 0.15) is 50.5 Å². The molecule has 0 bridgehead atoms. The highest BCUT2D eigenvalue weighted by Gasteiger charge is 2.44. The van der Waals surface area contributed by atoms with Gasteiger partial charge >= 0.3 is 0 Å². The van der Waals surface area contributed by atoms with Crippen LogP contribution in [0.5, 0.6) is 5.75 Å². The second-order valence-electron chi connectivity index (χ2n) is 6.93. The summed E-state index contributed by atoms with van der Waals surface area (Å²) < 4.78 is 16.0. The summed E-state index contributed by atoms with van der Waals surface area (Å²) >= 11 is 0. The molecule has 130 valence electrons. The molecule has 2 unspecified atom stereocenters. The quantitative estimate of drug-likeness (QED) is 0.579. The third-order valence-electron chi connectivity index (χ3n) is 5.43. The van der Waals surface area contributed by atoms with Crippen LogP contribution >= 0.6 is 0 Å². The maximum atomic E-state index is 12.3. The lowest BCUT2D eigenvalue weighted by Gasteiger charge is -2.45. The Balaban J connectivity index is 1.87. The zero-order valence-corrected chi connectivity index (χ0v) is 14.5. The topological polar surface area (TPSA) is 44.8 Å². The van der Waals surface area contributed by atoms with Crippen LogP contribution in [0.15, 0.2) is 35.9 Å². The van der Waals surface area contributed by atoms with Crippen molar-refractivity contribution in [1.29, 1.82) is 0 Å². The van der Waals surface area contributed by atoms with Crippen molar-refractivity contribution in [2.45, 2.75) is 44.9 Å². The minimum atomic E-state index is 0.0546. The molecule has 2 atom stereocenters. The Hall–Kier alpha value is -1.65. The first-order chi connectivity index (χ1) is 11.6. The second kappa shape index (κ2) is 7.49. The molecule has 0 N–H and O–H groups in total. The standard InChI is InChI=1S/C20H26O4/c1-20-10-6-5-7-15(20)11-16(21)12-18(20)17-8-3-4-9-19(17)24-14-23-13-22-2/h3-4,8-9,11,18H,5-7,10,12-14H2,1-2H3. The van der Waals surface area contributed by atoms with Gasteiger partial charge in [0, 0.05) is 19.4 Å². The Morgan fingerprint density at radius 1 is 1.21 bits per heavy atom. The van der Waals surface area contributed by atoms with Gasteiger partial charge < -0.3 is 14.2 Å². The molecule has 2 aliphatic rings. The Labute approximate surface area is 143 Å². The first kappa shape index (κ1) is 17.2. The molecule has 0 amide bonds. The summed E-state index contributed by atoms with van der Waals surface area (Å²) in [5.74, 6) is 1.21. The van der Waals surface area contributed by atoms with Gasteiger partial charge in [-0.2, -0.15) is 0 Å². The van der Waals surface area contributed by atoms with E-state index in [1.807, 2.05) is 24.3 Å². The average Bonchev–Trinajstić information content (AvgIpc) is 2.59. The van der Waals surface area contributed by atoms with Gasteiger partial charge in [0.05, 0.1) is 0 Å². The first-order valence-electron chi connectivity index (χ1n) is 8.67. The van der Waals surface area contributed by atoms with Gasteiger partial charge in [0.2, 0.25) is 0 Å². The van der Waals surface area contributed by atoms with Gasteiger partial charge in [0.25, 0.3) is 0 Å². The van der Waals surface area contributed by atoms with Gasteiger partial charge in [-0.05, 0) is 42.4 Å². The number of hydrogen-bond donors (Lipinski definition) is 0. The predicted octanol–water partition coefficient (Wildman–Crippen LogP) is 4.21. The summed E-state index contributed by atoms with van der Waals surface area (Å²) in [6.45, 7) is 2.66. The van der Waals surface area contributed by atoms with E-state index in [0.717, 1.165) is 24.2 Å². The van der Waals surface area contributed by atoms with Crippen molar-refractivity contribution in [3.8, 4) is 5.75 Å². The van der Waals surface area contributed by atoms with Gasteiger partial charge in [0.1, 0.15) is 12.5 Å². The van der Waals surface area contributed by atoms with Crippen LogP contribution in [-0.4, -0.2) is 26.5 Å². The molecule has 3 rings (SSSR count). The van der Waals surface area contributed by atoms with Crippen LogP contribution in [0.25, 0.3) is 0 Å². The lowest BCUT2D eigenvalue weighted by molar-refractivity contribution is -0.116. The van der Waals surface area contributed by atoms with Crippen molar-refractivity contribution in [2.75, 3.05) is 20.7 Å². The molecule has 0 heterocycles. The molecule has 4 nitrogen and oxygen atoms in total. The van der Waals surface area contributed by atoms with Crippen molar-refractivity contribution in [2.24, 2.45) is 5.41 Å². The second-order valence-corrected chi connectivity index (χ2v) is 6.93. The Bertz CT molecular complexity index is 622. The zero-order valence-electron chi connectivity index (χ0n) is 14.5. The number of para-hydroxylation sites is 1. The van der Waals surface area contributed by atoms with E-state index < -0.39 is 0 Å². The number of methoxy groups -OCH3 is 1. The minimum Gasteiger partial charge on any atom is -0.467 e. The van der Waals surface area contributed by atoms with Crippen LogP contribution in [0, 0.1) is 5.41 Å². The number of fused-ring (bicyclic) bond motifs is 1. The van der Waals surface area contributed by atoms with Gasteiger partial charge in [-0.25, -0.2) is 0 Å². The molecule has 0 aromatic heterocycles. The number of allylic oxidation sites excluding steroid dienone is 2. The fourth-order valence-corrected chi connectivity index (χ4v) is 4.14. The summed E-state index contributed by atoms with van der Waals surface area (Å²) in [5, 5.41) is 0. The highest BCUT2D eigenvalue weighted by molar-refractivity contribution is 5.92. The third-order valence-corrected chi connectivity index (χ3v) is 5.43. The van der Waals surface area contributed by atoms with Gasteiger partial charge in [-0.3, -0.25) is 4.79 Å². The summed E-state index contributed by atoms with van der Waals surface area (Å²) in [5.41, 5.74) is 2.49. The number of hydrogen-bond acceptors (Lipinski definition) is 4. The molecule has 1 fully saturated rings. The van der Waals surface area contributed by atoms with Crippen molar-refractivity contribution in [1.82, 2.24) is 0 Å². The van der Waals surface area contributed by atoms with Crippen LogP contribution in [0.3, 0.4) is 0 Å². The molecule has 1 aromatic rings. The van der Waals surface area contributed by atoms with Crippen molar-refractivity contribution in [3.63, 3.8) is 0 Å². The Morgan fingerprint density at radius 3 is 2.88 bits per heavy atom. The molecule has 1 aromatic carbocycles. The van der Waals surface area contributed by atoms with Crippen LogP contribution in [-0.2, 0) is 14.3 Å². The first-order valence-corrected chi connectivity index (χ1v) is 8.67. The monoisotopic (exact) mass is 330 g/mol. The van der Waals surface area contributed by atoms with E-state index in [4.69, 9.17) is 14.2 Å². The van der Waals surface area contributed by atoms with E-state index >= 15 is 0 Å². The summed E-state index contributed by atoms with van der Waals surface area (Å²) in [6, 6.07) is 8.03. The Morgan fingerprint density at radius 2 is 2.04 bits per heavy atom. The number of carbonyl (C=O) groups excluding carboxylic acids is 1. The van der Waals surface area contributed by atoms with E-state index in [1.165, 1.54) is 18.4 Å². The highest BCUT2D eigenvalue weighted by Crippen LogP contribution is 2.55. The van der Waals surface area contributed by atoms with Crippen LogP contribution in [0.4, 0.5) is 0 Å². The summed E-state index contributed by atoms with van der Waals surface area (Å²) in [6.07, 6.45) is 7.03. The molecule has 0 aliphatic heterocycles. The minimum absolute atomic E-state index is 0.0546. The van der Waals surface area contributed by atoms with E-state index in [0.29, 0.717) is 6.42 Å². The molecule has 24 heavy (non-hydrogen) atoms. The molecular weight excluding hydrogens is 304 g/mol. The van der Waals surface area contributed by atoms with Crippen LogP contribution < -0.4 is 4.74 Å². The van der Waals surface area contributed by atoms with Crippen LogP contribution in [0.2, 0.25) is 0 Å². The van der Waals surface area contributed by atoms with Gasteiger partial charge in [-0.15, -0.1) is 0 Å². The number of ether oxygens (including phenoxy) is 3. The lowest BCUT2D eigenvalue weighted by atomic mass is 9.58. The SMILES string of the molecule is COCOCOc1ccccc1C1CC(=O)C=C2CCCCC21C. The van der Waals surface area contributed by atoms with E-state index in [2.05, 4.69) is 13.0 Å². The number of ketones is 1. The highest BCUT2D eigenvalue weighted by atomic mass is 16.7. The maximum absolute atomic E-state index is 12.3. The van der Waals surface area contributed by atoms with Crippen molar-refractivity contribution < 1.29 is 19.0 Å². The molecule has 4 heteroatoms. The smallest absolute Gasteiger partial charge is 0.191 e. The van der Waals surface area contributed by atoms with Crippen molar-refractivity contribution >= 4 is 5.78 Å².